The molecular formula is C24H23F3N2O3. The molecule has 0 aliphatic heterocycles. The van der Waals surface area contributed by atoms with Crippen molar-refractivity contribution in [1.29, 1.82) is 0 Å². The van der Waals surface area contributed by atoms with Gasteiger partial charge in [-0.15, -0.1) is 0 Å². The molecule has 0 unspecified atom stereocenters. The third-order valence-corrected chi connectivity index (χ3v) is 5.25. The summed E-state index contributed by atoms with van der Waals surface area (Å²) in [5.74, 6) is 0.659. The first-order valence-corrected chi connectivity index (χ1v) is 9.99. The van der Waals surface area contributed by atoms with Crippen LogP contribution in [0.5, 0.6) is 5.75 Å². The zero-order valence-electron chi connectivity index (χ0n) is 17.4. The van der Waals surface area contributed by atoms with Gasteiger partial charge < -0.3 is 4.74 Å². The maximum atomic E-state index is 12.9. The quantitative estimate of drug-likeness (QED) is 0.353. The molecule has 0 saturated carbocycles. The van der Waals surface area contributed by atoms with Gasteiger partial charge in [-0.25, -0.2) is 0 Å². The molecule has 3 aromatic rings. The van der Waals surface area contributed by atoms with Crippen LogP contribution in [-0.4, -0.2) is 18.1 Å². The highest BCUT2D eigenvalue weighted by Crippen LogP contribution is 2.30. The number of nitrogens with one attached hydrogen (secondary N) is 1. The first kappa shape index (κ1) is 23.3. The number of nitro groups is 1. The summed E-state index contributed by atoms with van der Waals surface area (Å²) in [7, 11) is 1.55. The summed E-state index contributed by atoms with van der Waals surface area (Å²) in [5.41, 5.74) is 1.23. The number of benzene rings is 3. The summed E-state index contributed by atoms with van der Waals surface area (Å²) >= 11 is 0. The van der Waals surface area contributed by atoms with Crippen LogP contribution in [0.3, 0.4) is 0 Å². The molecule has 0 radical (unpaired) electrons. The van der Waals surface area contributed by atoms with E-state index >= 15 is 0 Å². The average Bonchev–Trinajstić information content (AvgIpc) is 2.79. The standard InChI is InChI=1S/C24H23F3N2O3/c1-32-22-10-6-5-9-19(22)16-28-23(18-7-3-2-4-8-18)21(29(30)31)15-17-11-13-20(14-12-17)24(25,26)27/h2-14,21,23,28H,15-16H2,1H3/t21-,23+/m1/s1. The van der Waals surface area contributed by atoms with Crippen LogP contribution in [0, 0.1) is 10.1 Å². The molecule has 3 aromatic carbocycles. The second-order valence-corrected chi connectivity index (χ2v) is 7.33. The zero-order valence-corrected chi connectivity index (χ0v) is 17.4. The number of alkyl halides is 3. The normalized spacial score (nSPS) is 13.4. The smallest absolute Gasteiger partial charge is 0.416 e. The van der Waals surface area contributed by atoms with Crippen LogP contribution in [0.4, 0.5) is 13.2 Å². The number of hydrogen-bond donors (Lipinski definition) is 1. The van der Waals surface area contributed by atoms with E-state index in [2.05, 4.69) is 5.32 Å². The summed E-state index contributed by atoms with van der Waals surface area (Å²) in [6, 6.07) is 19.1. The summed E-state index contributed by atoms with van der Waals surface area (Å²) in [5, 5.41) is 15.3. The molecule has 1 N–H and O–H groups in total. The fourth-order valence-electron chi connectivity index (χ4n) is 3.59. The lowest BCUT2D eigenvalue weighted by Crippen LogP contribution is -2.38. The molecule has 0 amide bonds. The Labute approximate surface area is 184 Å². The Morgan fingerprint density at radius 2 is 1.59 bits per heavy atom. The molecule has 0 bridgehead atoms. The van der Waals surface area contributed by atoms with E-state index in [1.165, 1.54) is 12.1 Å². The summed E-state index contributed by atoms with van der Waals surface area (Å²) in [6.45, 7) is 0.320. The minimum atomic E-state index is -4.45. The van der Waals surface area contributed by atoms with E-state index in [0.29, 0.717) is 17.9 Å². The van der Waals surface area contributed by atoms with E-state index in [1.807, 2.05) is 30.3 Å². The van der Waals surface area contributed by atoms with Crippen LogP contribution in [0.15, 0.2) is 78.9 Å². The predicted octanol–water partition coefficient (Wildman–Crippen LogP) is 5.43. The maximum absolute atomic E-state index is 12.9. The van der Waals surface area contributed by atoms with Gasteiger partial charge in [0, 0.05) is 23.5 Å². The lowest BCUT2D eigenvalue weighted by molar-refractivity contribution is -0.527. The van der Waals surface area contributed by atoms with Gasteiger partial charge in [-0.05, 0) is 29.3 Å². The predicted molar refractivity (Wildman–Crippen MR) is 115 cm³/mol. The second kappa shape index (κ2) is 10.3. The summed E-state index contributed by atoms with van der Waals surface area (Å²) in [4.78, 5) is 11.7. The Balaban J connectivity index is 1.87. The van der Waals surface area contributed by atoms with Crippen molar-refractivity contribution in [3.8, 4) is 5.75 Å². The molecule has 2 atom stereocenters. The Morgan fingerprint density at radius 1 is 0.969 bits per heavy atom. The van der Waals surface area contributed by atoms with E-state index in [-0.39, 0.29) is 11.3 Å². The van der Waals surface area contributed by atoms with E-state index in [1.54, 1.807) is 31.4 Å². The minimum Gasteiger partial charge on any atom is -0.496 e. The van der Waals surface area contributed by atoms with Crippen LogP contribution < -0.4 is 10.1 Å². The van der Waals surface area contributed by atoms with E-state index in [0.717, 1.165) is 23.3 Å². The topological polar surface area (TPSA) is 64.4 Å². The molecular weight excluding hydrogens is 421 g/mol. The highest BCUT2D eigenvalue weighted by atomic mass is 19.4. The van der Waals surface area contributed by atoms with Crippen molar-refractivity contribution in [2.75, 3.05) is 7.11 Å². The Kier molecular flexibility index (Phi) is 7.48. The third-order valence-electron chi connectivity index (χ3n) is 5.25. The minimum absolute atomic E-state index is 0.0242. The van der Waals surface area contributed by atoms with Crippen molar-refractivity contribution < 1.29 is 22.8 Å². The molecule has 168 valence electrons. The number of hydrogen-bond acceptors (Lipinski definition) is 4. The molecule has 0 aliphatic rings. The zero-order chi connectivity index (χ0) is 23.1. The summed E-state index contributed by atoms with van der Waals surface area (Å²) < 4.78 is 43.9. The van der Waals surface area contributed by atoms with E-state index < -0.39 is 23.8 Å². The van der Waals surface area contributed by atoms with Gasteiger partial charge >= 0.3 is 6.18 Å². The van der Waals surface area contributed by atoms with Gasteiger partial charge in [0.2, 0.25) is 6.04 Å². The Hall–Kier alpha value is -3.39. The van der Waals surface area contributed by atoms with Gasteiger partial charge in [-0.1, -0.05) is 60.7 Å². The first-order valence-electron chi connectivity index (χ1n) is 9.99. The molecule has 0 aromatic heterocycles. The summed E-state index contributed by atoms with van der Waals surface area (Å²) in [6.07, 6.45) is -4.48. The van der Waals surface area contributed by atoms with Gasteiger partial charge in [0.25, 0.3) is 0 Å². The van der Waals surface area contributed by atoms with Gasteiger partial charge in [0.15, 0.2) is 0 Å². The van der Waals surface area contributed by atoms with Crippen LogP contribution in [-0.2, 0) is 19.1 Å². The van der Waals surface area contributed by atoms with E-state index in [9.17, 15) is 23.3 Å². The van der Waals surface area contributed by atoms with E-state index in [4.69, 9.17) is 4.74 Å². The molecule has 32 heavy (non-hydrogen) atoms. The Morgan fingerprint density at radius 3 is 2.19 bits per heavy atom. The van der Waals surface area contributed by atoms with Crippen LogP contribution in [0.1, 0.15) is 28.3 Å². The number of nitrogens with zero attached hydrogens (tertiary/aromatic N) is 1. The number of para-hydroxylation sites is 1. The molecule has 3 rings (SSSR count). The SMILES string of the molecule is COc1ccccc1CN[C@@H](c1ccccc1)[C@@H](Cc1ccc(C(F)(F)F)cc1)[N+](=O)[O-]. The van der Waals surface area contributed by atoms with Crippen molar-refractivity contribution >= 4 is 0 Å². The van der Waals surface area contributed by atoms with Gasteiger partial charge in [-0.2, -0.15) is 13.2 Å². The van der Waals surface area contributed by atoms with Gasteiger partial charge in [0.1, 0.15) is 11.8 Å². The fourth-order valence-corrected chi connectivity index (χ4v) is 3.59. The molecule has 8 heteroatoms. The number of halogens is 3. The lowest BCUT2D eigenvalue weighted by Gasteiger charge is -2.23. The largest absolute Gasteiger partial charge is 0.496 e. The third kappa shape index (κ3) is 5.85. The maximum Gasteiger partial charge on any atom is 0.416 e. The molecule has 0 aliphatic carbocycles. The van der Waals surface area contributed by atoms with Crippen LogP contribution in [0.2, 0.25) is 0 Å². The molecule has 0 heterocycles. The van der Waals surface area contributed by atoms with Crippen molar-refractivity contribution in [2.45, 2.75) is 31.2 Å². The van der Waals surface area contributed by atoms with Crippen molar-refractivity contribution in [2.24, 2.45) is 0 Å². The Bertz CT molecular complexity index is 1020. The molecule has 5 nitrogen and oxygen atoms in total. The molecule has 0 spiro atoms. The lowest BCUT2D eigenvalue weighted by atomic mass is 9.93. The average molecular weight is 444 g/mol. The second-order valence-electron chi connectivity index (χ2n) is 7.33. The van der Waals surface area contributed by atoms with Crippen molar-refractivity contribution in [3.05, 3.63) is 111 Å². The number of rotatable bonds is 9. The molecule has 0 saturated heterocycles. The van der Waals surface area contributed by atoms with Crippen molar-refractivity contribution in [3.63, 3.8) is 0 Å². The molecule has 0 fully saturated rings. The van der Waals surface area contributed by atoms with Crippen molar-refractivity contribution in [1.82, 2.24) is 5.32 Å². The van der Waals surface area contributed by atoms with Gasteiger partial charge in [-0.3, -0.25) is 15.4 Å². The van der Waals surface area contributed by atoms with Crippen LogP contribution in [0.25, 0.3) is 0 Å². The highest BCUT2D eigenvalue weighted by Gasteiger charge is 2.34. The van der Waals surface area contributed by atoms with Crippen LogP contribution >= 0.6 is 0 Å². The first-order chi connectivity index (χ1) is 15.3. The highest BCUT2D eigenvalue weighted by molar-refractivity contribution is 5.33. The number of methoxy groups -OCH3 is 1. The monoisotopic (exact) mass is 444 g/mol. The number of ether oxygens (including phenoxy) is 1. The van der Waals surface area contributed by atoms with Gasteiger partial charge in [0.05, 0.1) is 12.7 Å². The fraction of sp³-hybridized carbons (Fsp3) is 0.250.